The summed E-state index contributed by atoms with van der Waals surface area (Å²) < 4.78 is 22.2. The number of rotatable bonds is 7. The van der Waals surface area contributed by atoms with Crippen LogP contribution in [0.5, 0.6) is 11.5 Å². The lowest BCUT2D eigenvalue weighted by atomic mass is 9.76. The molecule has 1 fully saturated rings. The molecule has 1 saturated heterocycles. The quantitative estimate of drug-likeness (QED) is 0.709. The van der Waals surface area contributed by atoms with Crippen LogP contribution in [0.25, 0.3) is 0 Å². The summed E-state index contributed by atoms with van der Waals surface area (Å²) in [4.78, 5) is 12.2. The highest BCUT2D eigenvalue weighted by Gasteiger charge is 2.47. The van der Waals surface area contributed by atoms with Gasteiger partial charge in [-0.15, -0.1) is 6.58 Å². The third-order valence-corrected chi connectivity index (χ3v) is 4.97. The number of benzene rings is 1. The summed E-state index contributed by atoms with van der Waals surface area (Å²) in [6.45, 7) is 3.96. The third-order valence-electron chi connectivity index (χ3n) is 4.97. The Labute approximate surface area is 148 Å². The van der Waals surface area contributed by atoms with Crippen molar-refractivity contribution in [3.05, 3.63) is 48.3 Å². The lowest BCUT2D eigenvalue weighted by Gasteiger charge is -2.33. The van der Waals surface area contributed by atoms with Crippen LogP contribution in [0.15, 0.2) is 42.7 Å². The van der Waals surface area contributed by atoms with Gasteiger partial charge in [-0.05, 0) is 43.4 Å². The van der Waals surface area contributed by atoms with Gasteiger partial charge >= 0.3 is 0 Å². The smallest absolute Gasteiger partial charge is 0.189 e. The Morgan fingerprint density at radius 1 is 1.32 bits per heavy atom. The molecule has 3 rings (SSSR count). The minimum absolute atomic E-state index is 0.0895. The van der Waals surface area contributed by atoms with Crippen LogP contribution in [0.1, 0.15) is 24.8 Å². The largest absolute Gasteiger partial charge is 0.493 e. The lowest BCUT2D eigenvalue weighted by Crippen LogP contribution is -2.39. The standard InChI is InChI=1S/C20H24O5/c1-4-5-15-12-20(19(11-16(15)21)24-13-25-20)9-8-14-6-7-17(22-2)18(10-14)23-3/h4,6-7,10-11,15H,1,5,8-9,12-13H2,2-3H3/t15-,20-/m0/s1. The Balaban J connectivity index is 1.78. The first kappa shape index (κ1) is 17.5. The van der Waals surface area contributed by atoms with E-state index in [1.807, 2.05) is 18.2 Å². The van der Waals surface area contributed by atoms with E-state index < -0.39 is 5.60 Å². The molecule has 0 amide bonds. The SMILES string of the molecule is C=CC[C@H]1C[C@]2(CCc3ccc(OC)c(OC)c3)OCOC2=CC1=O. The molecule has 1 aliphatic carbocycles. The Hall–Kier alpha value is -2.27. The predicted molar refractivity (Wildman–Crippen MR) is 93.6 cm³/mol. The Kier molecular flexibility index (Phi) is 5.13. The highest BCUT2D eigenvalue weighted by molar-refractivity contribution is 5.93. The van der Waals surface area contributed by atoms with E-state index in [0.29, 0.717) is 30.1 Å². The first-order valence-electron chi connectivity index (χ1n) is 8.46. The summed E-state index contributed by atoms with van der Waals surface area (Å²) >= 11 is 0. The molecule has 2 aliphatic rings. The zero-order valence-corrected chi connectivity index (χ0v) is 14.7. The van der Waals surface area contributed by atoms with E-state index in [2.05, 4.69) is 6.58 Å². The summed E-state index contributed by atoms with van der Waals surface area (Å²) in [5, 5.41) is 0. The van der Waals surface area contributed by atoms with Gasteiger partial charge in [0, 0.05) is 12.0 Å². The average molecular weight is 344 g/mol. The minimum atomic E-state index is -0.519. The molecule has 0 aromatic heterocycles. The lowest BCUT2D eigenvalue weighted by molar-refractivity contribution is -0.121. The maximum atomic E-state index is 12.2. The van der Waals surface area contributed by atoms with E-state index in [9.17, 15) is 4.79 Å². The molecule has 0 saturated carbocycles. The number of aryl methyl sites for hydroxylation is 1. The van der Waals surface area contributed by atoms with Crippen molar-refractivity contribution in [2.45, 2.75) is 31.3 Å². The zero-order chi connectivity index (χ0) is 17.9. The molecule has 1 heterocycles. The summed E-state index contributed by atoms with van der Waals surface area (Å²) in [5.74, 6) is 2.09. The number of methoxy groups -OCH3 is 2. The van der Waals surface area contributed by atoms with Gasteiger partial charge in [-0.25, -0.2) is 0 Å². The highest BCUT2D eigenvalue weighted by Crippen LogP contribution is 2.43. The third kappa shape index (κ3) is 3.42. The van der Waals surface area contributed by atoms with Gasteiger partial charge in [0.05, 0.1) is 14.2 Å². The molecule has 0 N–H and O–H groups in total. The van der Waals surface area contributed by atoms with Gasteiger partial charge in [-0.3, -0.25) is 4.79 Å². The Morgan fingerprint density at radius 3 is 2.84 bits per heavy atom. The maximum Gasteiger partial charge on any atom is 0.189 e. The maximum absolute atomic E-state index is 12.2. The number of ether oxygens (including phenoxy) is 4. The molecule has 0 radical (unpaired) electrons. The molecule has 5 nitrogen and oxygen atoms in total. The molecular weight excluding hydrogens is 320 g/mol. The second-order valence-corrected chi connectivity index (χ2v) is 6.43. The second kappa shape index (κ2) is 7.31. The zero-order valence-electron chi connectivity index (χ0n) is 14.7. The monoisotopic (exact) mass is 344 g/mol. The Morgan fingerprint density at radius 2 is 2.12 bits per heavy atom. The van der Waals surface area contributed by atoms with Crippen molar-refractivity contribution >= 4 is 5.78 Å². The summed E-state index contributed by atoms with van der Waals surface area (Å²) in [5.41, 5.74) is 0.605. The van der Waals surface area contributed by atoms with Gasteiger partial charge in [0.1, 0.15) is 11.4 Å². The molecule has 25 heavy (non-hydrogen) atoms. The summed E-state index contributed by atoms with van der Waals surface area (Å²) in [7, 11) is 3.25. The van der Waals surface area contributed by atoms with Gasteiger partial charge in [0.15, 0.2) is 24.1 Å². The van der Waals surface area contributed by atoms with Crippen LogP contribution >= 0.6 is 0 Å². The topological polar surface area (TPSA) is 54.0 Å². The van der Waals surface area contributed by atoms with E-state index in [4.69, 9.17) is 18.9 Å². The fourth-order valence-electron chi connectivity index (χ4n) is 3.57. The fraction of sp³-hybridized carbons (Fsp3) is 0.450. The van der Waals surface area contributed by atoms with Crippen LogP contribution in [0.2, 0.25) is 0 Å². The van der Waals surface area contributed by atoms with Gasteiger partial charge in [-0.1, -0.05) is 12.1 Å². The molecule has 134 valence electrons. The average Bonchev–Trinajstić information content (AvgIpc) is 3.03. The number of fused-ring (bicyclic) bond motifs is 1. The first-order valence-corrected chi connectivity index (χ1v) is 8.46. The molecule has 0 spiro atoms. The van der Waals surface area contributed by atoms with Gasteiger partial charge < -0.3 is 18.9 Å². The molecule has 1 aliphatic heterocycles. The molecule has 0 unspecified atom stereocenters. The molecule has 1 aromatic carbocycles. The van der Waals surface area contributed by atoms with Crippen LogP contribution in [0, 0.1) is 5.92 Å². The van der Waals surface area contributed by atoms with Crippen LogP contribution in [0.3, 0.4) is 0 Å². The highest BCUT2D eigenvalue weighted by atomic mass is 16.7. The van der Waals surface area contributed by atoms with Crippen molar-refractivity contribution in [2.24, 2.45) is 5.92 Å². The number of hydrogen-bond donors (Lipinski definition) is 0. The second-order valence-electron chi connectivity index (χ2n) is 6.43. The van der Waals surface area contributed by atoms with E-state index in [-0.39, 0.29) is 18.5 Å². The number of hydrogen-bond acceptors (Lipinski definition) is 5. The number of carbonyl (C=O) groups excluding carboxylic acids is 1. The normalized spacial score (nSPS) is 25.0. The van der Waals surface area contributed by atoms with E-state index in [1.54, 1.807) is 26.4 Å². The van der Waals surface area contributed by atoms with E-state index in [1.165, 1.54) is 0 Å². The van der Waals surface area contributed by atoms with Crippen LogP contribution in [-0.2, 0) is 20.7 Å². The fourth-order valence-corrected chi connectivity index (χ4v) is 3.57. The van der Waals surface area contributed by atoms with Gasteiger partial charge in [0.25, 0.3) is 0 Å². The van der Waals surface area contributed by atoms with Crippen molar-refractivity contribution in [3.8, 4) is 11.5 Å². The van der Waals surface area contributed by atoms with Crippen LogP contribution < -0.4 is 9.47 Å². The van der Waals surface area contributed by atoms with Crippen molar-refractivity contribution in [1.29, 1.82) is 0 Å². The van der Waals surface area contributed by atoms with Crippen LogP contribution in [-0.4, -0.2) is 32.4 Å². The molecule has 5 heteroatoms. The first-order chi connectivity index (χ1) is 12.1. The summed E-state index contributed by atoms with van der Waals surface area (Å²) in [6.07, 6.45) is 6.23. The van der Waals surface area contributed by atoms with Crippen molar-refractivity contribution in [3.63, 3.8) is 0 Å². The Bertz CT molecular complexity index is 693. The van der Waals surface area contributed by atoms with Crippen LogP contribution in [0.4, 0.5) is 0 Å². The predicted octanol–water partition coefficient (Wildman–Crippen LogP) is 3.43. The minimum Gasteiger partial charge on any atom is -0.493 e. The summed E-state index contributed by atoms with van der Waals surface area (Å²) in [6, 6.07) is 5.90. The van der Waals surface area contributed by atoms with Gasteiger partial charge in [-0.2, -0.15) is 0 Å². The molecule has 2 atom stereocenters. The molecule has 0 bridgehead atoms. The number of ketones is 1. The van der Waals surface area contributed by atoms with Crippen molar-refractivity contribution in [1.82, 2.24) is 0 Å². The van der Waals surface area contributed by atoms with Crippen molar-refractivity contribution in [2.75, 3.05) is 21.0 Å². The number of carbonyl (C=O) groups is 1. The molecular formula is C20H24O5. The number of allylic oxidation sites excluding steroid dienone is 2. The van der Waals surface area contributed by atoms with Gasteiger partial charge in [0.2, 0.25) is 0 Å². The van der Waals surface area contributed by atoms with Crippen molar-refractivity contribution < 1.29 is 23.7 Å². The molecule has 1 aromatic rings. The van der Waals surface area contributed by atoms with E-state index in [0.717, 1.165) is 18.4 Å². The van der Waals surface area contributed by atoms with E-state index >= 15 is 0 Å².